The Morgan fingerprint density at radius 3 is 2.38 bits per heavy atom. The van der Waals surface area contributed by atoms with E-state index in [1.165, 1.54) is 6.92 Å². The lowest BCUT2D eigenvalue weighted by Gasteiger charge is -2.14. The van der Waals surface area contributed by atoms with Gasteiger partial charge < -0.3 is 14.8 Å². The number of carbonyl (C=O) groups excluding carboxylic acids is 2. The number of anilines is 1. The van der Waals surface area contributed by atoms with Crippen LogP contribution in [0.4, 0.5) is 5.69 Å². The molecule has 0 saturated heterocycles. The van der Waals surface area contributed by atoms with Crippen molar-refractivity contribution in [1.82, 2.24) is 0 Å². The van der Waals surface area contributed by atoms with Crippen LogP contribution in [0.2, 0.25) is 5.02 Å². The summed E-state index contributed by atoms with van der Waals surface area (Å²) in [6.07, 6.45) is -0.935. The van der Waals surface area contributed by atoms with Crippen LogP contribution < -0.4 is 10.1 Å². The number of halogens is 2. The maximum absolute atomic E-state index is 12.0. The first kappa shape index (κ1) is 18.3. The van der Waals surface area contributed by atoms with Gasteiger partial charge in [0.15, 0.2) is 12.7 Å². The second-order valence-corrected chi connectivity index (χ2v) is 6.22. The van der Waals surface area contributed by atoms with E-state index in [1.54, 1.807) is 48.5 Å². The third-order valence-electron chi connectivity index (χ3n) is 2.96. The van der Waals surface area contributed by atoms with E-state index in [9.17, 15) is 9.59 Å². The van der Waals surface area contributed by atoms with Crippen molar-refractivity contribution >= 4 is 45.1 Å². The highest BCUT2D eigenvalue weighted by Crippen LogP contribution is 2.16. The van der Waals surface area contributed by atoms with Gasteiger partial charge in [-0.25, -0.2) is 4.79 Å². The second-order valence-electron chi connectivity index (χ2n) is 4.87. The van der Waals surface area contributed by atoms with E-state index in [4.69, 9.17) is 21.1 Å². The molecule has 0 fully saturated rings. The first-order chi connectivity index (χ1) is 11.4. The lowest BCUT2D eigenvalue weighted by atomic mass is 10.3. The molecule has 1 atom stereocenters. The molecule has 0 unspecified atom stereocenters. The molecular formula is C17H15BrClNO4. The van der Waals surface area contributed by atoms with Gasteiger partial charge >= 0.3 is 5.97 Å². The zero-order valence-corrected chi connectivity index (χ0v) is 15.1. The quantitative estimate of drug-likeness (QED) is 0.727. The van der Waals surface area contributed by atoms with E-state index in [0.717, 1.165) is 4.47 Å². The molecule has 0 aromatic heterocycles. The number of benzene rings is 2. The molecule has 0 aliphatic heterocycles. The number of nitrogens with one attached hydrogen (secondary N) is 1. The molecule has 0 aliphatic rings. The molecule has 7 heteroatoms. The fourth-order valence-corrected chi connectivity index (χ4v) is 2.13. The van der Waals surface area contributed by atoms with Gasteiger partial charge in [0.1, 0.15) is 5.75 Å². The largest absolute Gasteiger partial charge is 0.482 e. The molecule has 0 aliphatic carbocycles. The zero-order valence-electron chi connectivity index (χ0n) is 12.8. The fraction of sp³-hybridized carbons (Fsp3) is 0.176. The lowest BCUT2D eigenvalue weighted by molar-refractivity contribution is -0.155. The Morgan fingerprint density at radius 1 is 1.12 bits per heavy atom. The fourth-order valence-electron chi connectivity index (χ4n) is 1.73. The van der Waals surface area contributed by atoms with E-state index in [1.807, 2.05) is 0 Å². The highest BCUT2D eigenvalue weighted by Gasteiger charge is 2.18. The minimum Gasteiger partial charge on any atom is -0.482 e. The Labute approximate surface area is 153 Å². The van der Waals surface area contributed by atoms with Crippen LogP contribution in [0.5, 0.6) is 5.75 Å². The van der Waals surface area contributed by atoms with Crippen molar-refractivity contribution < 1.29 is 19.1 Å². The Bertz CT molecular complexity index is 704. The monoisotopic (exact) mass is 411 g/mol. The van der Waals surface area contributed by atoms with Crippen LogP contribution in [0, 0.1) is 0 Å². The first-order valence-corrected chi connectivity index (χ1v) is 8.25. The van der Waals surface area contributed by atoms with Crippen molar-refractivity contribution in [1.29, 1.82) is 0 Å². The molecule has 0 spiro atoms. The van der Waals surface area contributed by atoms with Crippen molar-refractivity contribution in [3.63, 3.8) is 0 Å². The SMILES string of the molecule is C[C@H](OC(=O)COc1ccc(Cl)cc1)C(=O)Nc1ccc(Br)cc1. The predicted molar refractivity (Wildman–Crippen MR) is 95.3 cm³/mol. The van der Waals surface area contributed by atoms with Crippen LogP contribution in [0.25, 0.3) is 0 Å². The number of amides is 1. The minimum absolute atomic E-state index is 0.294. The van der Waals surface area contributed by atoms with Crippen molar-refractivity contribution in [2.75, 3.05) is 11.9 Å². The van der Waals surface area contributed by atoms with Gasteiger partial charge in [0.25, 0.3) is 5.91 Å². The molecular weight excluding hydrogens is 398 g/mol. The van der Waals surface area contributed by atoms with Gasteiger partial charge in [-0.2, -0.15) is 0 Å². The molecule has 2 aromatic rings. The summed E-state index contributed by atoms with van der Waals surface area (Å²) in [5.74, 6) is -0.566. The number of ether oxygens (including phenoxy) is 2. The summed E-state index contributed by atoms with van der Waals surface area (Å²) in [6.45, 7) is 1.20. The zero-order chi connectivity index (χ0) is 17.5. The molecule has 0 heterocycles. The average molecular weight is 413 g/mol. The minimum atomic E-state index is -0.935. The third-order valence-corrected chi connectivity index (χ3v) is 3.74. The van der Waals surface area contributed by atoms with Gasteiger partial charge in [0, 0.05) is 15.2 Å². The number of hydrogen-bond donors (Lipinski definition) is 1. The summed E-state index contributed by atoms with van der Waals surface area (Å²) in [6, 6.07) is 13.6. The van der Waals surface area contributed by atoms with Gasteiger partial charge in [-0.3, -0.25) is 4.79 Å². The van der Waals surface area contributed by atoms with Crippen molar-refractivity contribution in [3.05, 3.63) is 58.0 Å². The molecule has 24 heavy (non-hydrogen) atoms. The summed E-state index contributed by atoms with van der Waals surface area (Å²) in [5.41, 5.74) is 0.614. The molecule has 2 aromatic carbocycles. The first-order valence-electron chi connectivity index (χ1n) is 7.08. The van der Waals surface area contributed by atoms with E-state index in [-0.39, 0.29) is 6.61 Å². The van der Waals surface area contributed by atoms with Crippen LogP contribution in [-0.2, 0) is 14.3 Å². The second kappa shape index (κ2) is 8.70. The van der Waals surface area contributed by atoms with Crippen LogP contribution in [-0.4, -0.2) is 24.6 Å². The predicted octanol–water partition coefficient (Wildman–Crippen LogP) is 4.05. The highest BCUT2D eigenvalue weighted by atomic mass is 79.9. The Hall–Kier alpha value is -2.05. The summed E-state index contributed by atoms with van der Waals surface area (Å²) in [7, 11) is 0. The van der Waals surface area contributed by atoms with Crippen LogP contribution >= 0.6 is 27.5 Å². The Kier molecular flexibility index (Phi) is 6.63. The molecule has 2 rings (SSSR count). The van der Waals surface area contributed by atoms with E-state index in [0.29, 0.717) is 16.5 Å². The number of rotatable bonds is 6. The van der Waals surface area contributed by atoms with Gasteiger partial charge in [-0.15, -0.1) is 0 Å². The molecule has 1 amide bonds. The van der Waals surface area contributed by atoms with Gasteiger partial charge in [-0.05, 0) is 55.5 Å². The molecule has 1 N–H and O–H groups in total. The maximum Gasteiger partial charge on any atom is 0.344 e. The summed E-state index contributed by atoms with van der Waals surface area (Å²) < 4.78 is 11.2. The van der Waals surface area contributed by atoms with Gasteiger partial charge in [0.2, 0.25) is 0 Å². The van der Waals surface area contributed by atoms with Crippen molar-refractivity contribution in [2.24, 2.45) is 0 Å². The van der Waals surface area contributed by atoms with E-state index >= 15 is 0 Å². The summed E-state index contributed by atoms with van der Waals surface area (Å²) in [5, 5.41) is 3.23. The lowest BCUT2D eigenvalue weighted by Crippen LogP contribution is -2.31. The van der Waals surface area contributed by atoms with Gasteiger partial charge in [-0.1, -0.05) is 27.5 Å². The van der Waals surface area contributed by atoms with E-state index < -0.39 is 18.0 Å². The Balaban J connectivity index is 1.78. The van der Waals surface area contributed by atoms with Crippen LogP contribution in [0.3, 0.4) is 0 Å². The third kappa shape index (κ3) is 5.86. The molecule has 126 valence electrons. The topological polar surface area (TPSA) is 64.6 Å². The molecule has 0 radical (unpaired) electrons. The maximum atomic E-state index is 12.0. The van der Waals surface area contributed by atoms with Crippen molar-refractivity contribution in [3.8, 4) is 5.75 Å². The average Bonchev–Trinajstić information content (AvgIpc) is 2.56. The van der Waals surface area contributed by atoms with E-state index in [2.05, 4.69) is 21.2 Å². The standard InChI is InChI=1S/C17H15BrClNO4/c1-11(17(22)20-14-6-2-12(18)3-7-14)24-16(21)10-23-15-8-4-13(19)5-9-15/h2-9,11H,10H2,1H3,(H,20,22)/t11-/m0/s1. The van der Waals surface area contributed by atoms with Crippen LogP contribution in [0.1, 0.15) is 6.92 Å². The normalized spacial score (nSPS) is 11.5. The van der Waals surface area contributed by atoms with Crippen molar-refractivity contribution in [2.45, 2.75) is 13.0 Å². The number of hydrogen-bond acceptors (Lipinski definition) is 4. The molecule has 0 saturated carbocycles. The van der Waals surface area contributed by atoms with Gasteiger partial charge in [0.05, 0.1) is 0 Å². The molecule has 0 bridgehead atoms. The summed E-state index contributed by atoms with van der Waals surface area (Å²) in [4.78, 5) is 23.7. The number of carbonyl (C=O) groups is 2. The highest BCUT2D eigenvalue weighted by molar-refractivity contribution is 9.10. The Morgan fingerprint density at radius 2 is 1.75 bits per heavy atom. The van der Waals surface area contributed by atoms with Crippen LogP contribution in [0.15, 0.2) is 53.0 Å². The molecule has 5 nitrogen and oxygen atoms in total. The number of esters is 1. The smallest absolute Gasteiger partial charge is 0.344 e. The summed E-state index contributed by atoms with van der Waals surface area (Å²) >= 11 is 9.07.